The molecule has 0 aliphatic carbocycles. The number of hydrogen-bond donors (Lipinski definition) is 7. The second-order valence-electron chi connectivity index (χ2n) is 6.65. The largest absolute Gasteiger partial charge is 0.480 e. The van der Waals surface area contributed by atoms with Crippen LogP contribution in [0.5, 0.6) is 0 Å². The van der Waals surface area contributed by atoms with Gasteiger partial charge in [0.2, 0.25) is 23.6 Å². The lowest BCUT2D eigenvalue weighted by molar-refractivity contribution is -0.142. The molecule has 0 radical (unpaired) electrons. The highest BCUT2D eigenvalue weighted by Gasteiger charge is 2.31. The zero-order chi connectivity index (χ0) is 22.0. The lowest BCUT2D eigenvalue weighted by Gasteiger charge is -2.26. The molecule has 0 aromatic heterocycles. The Morgan fingerprint density at radius 1 is 0.929 bits per heavy atom. The smallest absolute Gasteiger partial charge is 0.325 e. The van der Waals surface area contributed by atoms with Crippen LogP contribution < -0.4 is 27.4 Å². The molecule has 0 saturated carbocycles. The van der Waals surface area contributed by atoms with E-state index in [1.165, 1.54) is 6.92 Å². The van der Waals surface area contributed by atoms with Crippen LogP contribution in [-0.2, 0) is 24.0 Å². The molecule has 0 rings (SSSR count). The monoisotopic (exact) mass is 403 g/mol. The third kappa shape index (κ3) is 8.77. The minimum atomic E-state index is -1.27. The van der Waals surface area contributed by atoms with E-state index in [1.807, 2.05) is 0 Å². The van der Waals surface area contributed by atoms with Crippen molar-refractivity contribution in [2.45, 2.75) is 57.8 Å². The Morgan fingerprint density at radius 2 is 1.50 bits per heavy atom. The summed E-state index contributed by atoms with van der Waals surface area (Å²) < 4.78 is 0. The lowest BCUT2D eigenvalue weighted by atomic mass is 10.0. The van der Waals surface area contributed by atoms with Crippen LogP contribution in [0.4, 0.5) is 0 Å². The normalized spacial score (nSPS) is 15.1. The first-order valence-corrected chi connectivity index (χ1v) is 8.69. The first-order chi connectivity index (χ1) is 12.9. The highest BCUT2D eigenvalue weighted by Crippen LogP contribution is 2.06. The maximum Gasteiger partial charge on any atom is 0.325 e. The third-order valence-corrected chi connectivity index (χ3v) is 3.82. The summed E-state index contributed by atoms with van der Waals surface area (Å²) in [5.74, 6) is -4.67. The van der Waals surface area contributed by atoms with Gasteiger partial charge in [0, 0.05) is 6.42 Å². The topological polar surface area (TPSA) is 214 Å². The molecule has 0 heterocycles. The number of aliphatic hydroxyl groups is 1. The van der Waals surface area contributed by atoms with Gasteiger partial charge < -0.3 is 37.6 Å². The van der Waals surface area contributed by atoms with Gasteiger partial charge >= 0.3 is 5.97 Å². The molecule has 0 aliphatic heterocycles. The molecule has 9 N–H and O–H groups in total. The van der Waals surface area contributed by atoms with Crippen molar-refractivity contribution in [2.75, 3.05) is 6.61 Å². The molecule has 4 atom stereocenters. The van der Waals surface area contributed by atoms with Crippen LogP contribution in [0.2, 0.25) is 0 Å². The first-order valence-electron chi connectivity index (χ1n) is 8.69. The van der Waals surface area contributed by atoms with Crippen molar-refractivity contribution in [3.63, 3.8) is 0 Å². The standard InChI is InChI=1S/C16H29N5O7/c1-7(2)12(15(26)19-8(3)16(27)28)21-14(25)10(4-5-11(18)23)20-13(24)9(17)6-22/h7-10,12,22H,4-6,17H2,1-3H3,(H2,18,23)(H,19,26)(H,20,24)(H,21,25)(H,27,28). The van der Waals surface area contributed by atoms with Gasteiger partial charge in [0.15, 0.2) is 0 Å². The maximum atomic E-state index is 12.6. The highest BCUT2D eigenvalue weighted by molar-refractivity contribution is 5.94. The molecule has 0 aliphatic rings. The van der Waals surface area contributed by atoms with E-state index >= 15 is 0 Å². The molecule has 0 saturated heterocycles. The van der Waals surface area contributed by atoms with Crippen LogP contribution in [0.25, 0.3) is 0 Å². The Bertz CT molecular complexity index is 596. The van der Waals surface area contributed by atoms with Gasteiger partial charge in [-0.2, -0.15) is 0 Å². The Labute approximate surface area is 162 Å². The number of aliphatic carboxylic acids is 1. The van der Waals surface area contributed by atoms with Gasteiger partial charge in [-0.25, -0.2) is 0 Å². The molecular weight excluding hydrogens is 374 g/mol. The highest BCUT2D eigenvalue weighted by atomic mass is 16.4. The van der Waals surface area contributed by atoms with Crippen LogP contribution in [0, 0.1) is 5.92 Å². The average Bonchev–Trinajstić information content (AvgIpc) is 2.60. The summed E-state index contributed by atoms with van der Waals surface area (Å²) in [6.45, 7) is 3.88. The predicted molar refractivity (Wildman–Crippen MR) is 97.4 cm³/mol. The van der Waals surface area contributed by atoms with Gasteiger partial charge in [-0.3, -0.25) is 24.0 Å². The molecule has 12 heteroatoms. The van der Waals surface area contributed by atoms with E-state index in [-0.39, 0.29) is 12.8 Å². The molecule has 4 amide bonds. The Kier molecular flexibility index (Phi) is 10.7. The zero-order valence-electron chi connectivity index (χ0n) is 16.1. The van der Waals surface area contributed by atoms with Crippen molar-refractivity contribution in [1.82, 2.24) is 16.0 Å². The number of amides is 4. The van der Waals surface area contributed by atoms with E-state index in [0.717, 1.165) is 0 Å². The minimum Gasteiger partial charge on any atom is -0.480 e. The van der Waals surface area contributed by atoms with Crippen LogP contribution in [-0.4, -0.2) is 70.6 Å². The fourth-order valence-electron chi connectivity index (χ4n) is 2.07. The number of aliphatic hydroxyl groups excluding tert-OH is 1. The van der Waals surface area contributed by atoms with Crippen molar-refractivity contribution in [3.8, 4) is 0 Å². The number of carbonyl (C=O) groups is 5. The van der Waals surface area contributed by atoms with Gasteiger partial charge in [0.05, 0.1) is 6.61 Å². The summed E-state index contributed by atoms with van der Waals surface area (Å²) >= 11 is 0. The molecule has 0 bridgehead atoms. The Hall–Kier alpha value is -2.73. The third-order valence-electron chi connectivity index (χ3n) is 3.82. The molecule has 28 heavy (non-hydrogen) atoms. The lowest BCUT2D eigenvalue weighted by Crippen LogP contribution is -2.58. The molecular formula is C16H29N5O7. The van der Waals surface area contributed by atoms with E-state index in [0.29, 0.717) is 0 Å². The SMILES string of the molecule is CC(NC(=O)C(NC(=O)C(CCC(N)=O)NC(=O)C(N)CO)C(C)C)C(=O)O. The minimum absolute atomic E-state index is 0.150. The van der Waals surface area contributed by atoms with Crippen molar-refractivity contribution in [3.05, 3.63) is 0 Å². The number of primary amides is 1. The second kappa shape index (κ2) is 11.9. The van der Waals surface area contributed by atoms with Crippen molar-refractivity contribution >= 4 is 29.6 Å². The molecule has 0 aromatic rings. The summed E-state index contributed by atoms with van der Waals surface area (Å²) in [7, 11) is 0. The van der Waals surface area contributed by atoms with Crippen LogP contribution >= 0.6 is 0 Å². The molecule has 4 unspecified atom stereocenters. The van der Waals surface area contributed by atoms with Gasteiger partial charge in [-0.15, -0.1) is 0 Å². The van der Waals surface area contributed by atoms with Crippen LogP contribution in [0.1, 0.15) is 33.6 Å². The summed E-state index contributed by atoms with van der Waals surface area (Å²) in [4.78, 5) is 58.6. The summed E-state index contributed by atoms with van der Waals surface area (Å²) in [6.07, 6.45) is -0.371. The zero-order valence-corrected chi connectivity index (χ0v) is 16.1. The Balaban J connectivity index is 5.28. The number of rotatable bonds is 12. The van der Waals surface area contributed by atoms with E-state index < -0.39 is 66.3 Å². The number of nitrogens with two attached hydrogens (primary N) is 2. The fourth-order valence-corrected chi connectivity index (χ4v) is 2.07. The fraction of sp³-hybridized carbons (Fsp3) is 0.688. The van der Waals surface area contributed by atoms with Gasteiger partial charge in [0.1, 0.15) is 24.2 Å². The van der Waals surface area contributed by atoms with E-state index in [4.69, 9.17) is 21.7 Å². The van der Waals surface area contributed by atoms with E-state index in [1.54, 1.807) is 13.8 Å². The van der Waals surface area contributed by atoms with E-state index in [2.05, 4.69) is 16.0 Å². The number of nitrogens with one attached hydrogen (secondary N) is 3. The molecule has 0 aromatic carbocycles. The number of carboxylic acid groups (broad SMARTS) is 1. The molecule has 0 fully saturated rings. The van der Waals surface area contributed by atoms with Gasteiger partial charge in [-0.1, -0.05) is 13.8 Å². The second-order valence-corrected chi connectivity index (χ2v) is 6.65. The summed E-state index contributed by atoms with van der Waals surface area (Å²) in [5, 5.41) is 24.8. The maximum absolute atomic E-state index is 12.6. The number of carboxylic acids is 1. The molecule has 12 nitrogen and oxygen atoms in total. The van der Waals surface area contributed by atoms with Crippen molar-refractivity contribution in [2.24, 2.45) is 17.4 Å². The van der Waals surface area contributed by atoms with Crippen molar-refractivity contribution < 1.29 is 34.2 Å². The van der Waals surface area contributed by atoms with Crippen molar-refractivity contribution in [1.29, 1.82) is 0 Å². The number of hydrogen-bond acceptors (Lipinski definition) is 7. The van der Waals surface area contributed by atoms with Crippen LogP contribution in [0.3, 0.4) is 0 Å². The van der Waals surface area contributed by atoms with Gasteiger partial charge in [0.25, 0.3) is 0 Å². The average molecular weight is 403 g/mol. The molecule has 0 spiro atoms. The Morgan fingerprint density at radius 3 is 1.93 bits per heavy atom. The van der Waals surface area contributed by atoms with Gasteiger partial charge in [-0.05, 0) is 19.3 Å². The number of carbonyl (C=O) groups excluding carboxylic acids is 4. The predicted octanol–water partition coefficient (Wildman–Crippen LogP) is -3.21. The van der Waals surface area contributed by atoms with Crippen LogP contribution in [0.15, 0.2) is 0 Å². The molecule has 160 valence electrons. The summed E-state index contributed by atoms with van der Waals surface area (Å²) in [6, 6.07) is -4.76. The van der Waals surface area contributed by atoms with E-state index in [9.17, 15) is 24.0 Å². The summed E-state index contributed by atoms with van der Waals surface area (Å²) in [5.41, 5.74) is 10.5. The first kappa shape index (κ1) is 25.3. The quantitative estimate of drug-likeness (QED) is 0.175.